The molecule has 0 aliphatic rings. The molecule has 0 spiro atoms. The summed E-state index contributed by atoms with van der Waals surface area (Å²) in [5, 5.41) is 15.3. The third kappa shape index (κ3) is 13.2. The zero-order valence-corrected chi connectivity index (χ0v) is 20.0. The number of phenolic OH excluding ortho intramolecular Hbond substituents is 1. The molecule has 0 heterocycles. The zero-order valence-electron chi connectivity index (χ0n) is 20.0. The van der Waals surface area contributed by atoms with Crippen LogP contribution in [-0.4, -0.2) is 47.8 Å². The first-order valence-electron chi connectivity index (χ1n) is 11.9. The number of guanidine groups is 1. The van der Waals surface area contributed by atoms with Crippen LogP contribution in [0.2, 0.25) is 0 Å². The van der Waals surface area contributed by atoms with Gasteiger partial charge in [-0.25, -0.2) is 0 Å². The molecule has 0 saturated carbocycles. The number of phenols is 1. The van der Waals surface area contributed by atoms with Crippen LogP contribution in [0.5, 0.6) is 5.75 Å². The number of aldehydes is 1. The lowest BCUT2D eigenvalue weighted by molar-refractivity contribution is -0.129. The van der Waals surface area contributed by atoms with Crippen molar-refractivity contribution in [3.05, 3.63) is 42.0 Å². The average molecular weight is 474 g/mol. The second-order valence-corrected chi connectivity index (χ2v) is 8.24. The van der Waals surface area contributed by atoms with Crippen LogP contribution in [0.1, 0.15) is 63.9 Å². The summed E-state index contributed by atoms with van der Waals surface area (Å²) in [5.74, 6) is -0.408. The third-order valence-corrected chi connectivity index (χ3v) is 5.25. The first-order valence-corrected chi connectivity index (χ1v) is 11.9. The van der Waals surface area contributed by atoms with Gasteiger partial charge in [-0.1, -0.05) is 50.8 Å². The van der Waals surface area contributed by atoms with Gasteiger partial charge in [0.15, 0.2) is 5.96 Å². The molecule has 2 amide bonds. The Hall–Kier alpha value is -3.36. The average Bonchev–Trinajstić information content (AvgIpc) is 2.80. The number of hydrogen-bond donors (Lipinski definition) is 5. The van der Waals surface area contributed by atoms with Gasteiger partial charge in [-0.05, 0) is 43.0 Å². The molecule has 1 rings (SSSR count). The number of amides is 2. The van der Waals surface area contributed by atoms with Gasteiger partial charge in [-0.15, -0.1) is 0 Å². The molecule has 9 nitrogen and oxygen atoms in total. The van der Waals surface area contributed by atoms with Crippen molar-refractivity contribution < 1.29 is 19.5 Å². The van der Waals surface area contributed by atoms with E-state index in [0.717, 1.165) is 37.7 Å². The van der Waals surface area contributed by atoms with E-state index < -0.39 is 12.1 Å². The second kappa shape index (κ2) is 17.2. The number of carbonyl (C=O) groups excluding carboxylic acids is 3. The number of nitrogens with zero attached hydrogens (tertiary/aromatic N) is 1. The second-order valence-electron chi connectivity index (χ2n) is 8.24. The lowest BCUT2D eigenvalue weighted by Crippen LogP contribution is -2.50. The van der Waals surface area contributed by atoms with Crippen LogP contribution < -0.4 is 22.1 Å². The summed E-state index contributed by atoms with van der Waals surface area (Å²) in [5.41, 5.74) is 11.5. The summed E-state index contributed by atoms with van der Waals surface area (Å²) in [4.78, 5) is 40.4. The summed E-state index contributed by atoms with van der Waals surface area (Å²) in [6, 6.07) is 5.30. The first-order chi connectivity index (χ1) is 16.3. The van der Waals surface area contributed by atoms with Crippen LogP contribution in [0, 0.1) is 0 Å². The number of rotatable bonds is 17. The highest BCUT2D eigenvalue weighted by Gasteiger charge is 2.23. The number of aliphatic imine (C=N–C) groups is 1. The summed E-state index contributed by atoms with van der Waals surface area (Å²) in [6.07, 6.45) is 10.4. The Labute approximate surface area is 202 Å². The van der Waals surface area contributed by atoms with E-state index in [-0.39, 0.29) is 29.9 Å². The van der Waals surface area contributed by atoms with Gasteiger partial charge in [0.25, 0.3) is 0 Å². The number of benzene rings is 1. The third-order valence-electron chi connectivity index (χ3n) is 5.25. The van der Waals surface area contributed by atoms with Crippen LogP contribution >= 0.6 is 0 Å². The van der Waals surface area contributed by atoms with E-state index >= 15 is 0 Å². The molecule has 34 heavy (non-hydrogen) atoms. The molecule has 0 fully saturated rings. The lowest BCUT2D eigenvalue weighted by Gasteiger charge is -2.22. The van der Waals surface area contributed by atoms with Gasteiger partial charge >= 0.3 is 0 Å². The minimum atomic E-state index is -0.794. The highest BCUT2D eigenvalue weighted by Crippen LogP contribution is 2.12. The van der Waals surface area contributed by atoms with E-state index in [1.807, 2.05) is 0 Å². The molecular formula is C25H39N5O4. The summed E-state index contributed by atoms with van der Waals surface area (Å²) >= 11 is 0. The lowest BCUT2D eigenvalue weighted by atomic mass is 10.0. The fourth-order valence-corrected chi connectivity index (χ4v) is 3.43. The maximum absolute atomic E-state index is 13.1. The van der Waals surface area contributed by atoms with Crippen LogP contribution in [0.4, 0.5) is 0 Å². The highest BCUT2D eigenvalue weighted by molar-refractivity contribution is 5.88. The van der Waals surface area contributed by atoms with E-state index in [4.69, 9.17) is 11.5 Å². The molecule has 188 valence electrons. The summed E-state index contributed by atoms with van der Waals surface area (Å²) in [7, 11) is 0. The Morgan fingerprint density at radius 2 is 1.76 bits per heavy atom. The highest BCUT2D eigenvalue weighted by atomic mass is 16.3. The molecule has 0 aliphatic carbocycles. The molecule has 9 heteroatoms. The number of allylic oxidation sites excluding steroid dienone is 1. The van der Waals surface area contributed by atoms with Crippen molar-refractivity contribution in [2.24, 2.45) is 16.5 Å². The van der Waals surface area contributed by atoms with Crippen LogP contribution in [0.25, 0.3) is 0 Å². The molecule has 0 saturated heterocycles. The molecule has 0 bridgehead atoms. The normalized spacial score (nSPS) is 12.6. The van der Waals surface area contributed by atoms with Crippen molar-refractivity contribution in [3.8, 4) is 5.75 Å². The quantitative estimate of drug-likeness (QED) is 0.0765. The minimum absolute atomic E-state index is 0.00427. The van der Waals surface area contributed by atoms with Crippen LogP contribution in [-0.2, 0) is 20.8 Å². The number of hydrogen-bond acceptors (Lipinski definition) is 5. The van der Waals surface area contributed by atoms with Crippen molar-refractivity contribution in [2.75, 3.05) is 6.54 Å². The standard InChI is InChI=1S/C25H39N5O4/c1-2-3-4-5-6-11-23(33)30-22(18-19-12-14-21(32)15-13-19)24(34)29-20(10-8-17-31)9-7-16-28-25(26)27/h8,10,12-15,17,20,22,32H,2-7,9,11,16,18H2,1H3,(H,29,34)(H,30,33)(H4,26,27,28)/b10-8+/t20-,22?/m0/s1. The Bertz CT molecular complexity index is 804. The number of aromatic hydroxyl groups is 1. The molecule has 1 aromatic rings. The molecule has 2 atom stereocenters. The van der Waals surface area contributed by atoms with E-state index in [1.165, 1.54) is 6.08 Å². The molecule has 1 aromatic carbocycles. The Morgan fingerprint density at radius 1 is 1.06 bits per heavy atom. The number of unbranched alkanes of at least 4 members (excludes halogenated alkanes) is 4. The monoisotopic (exact) mass is 473 g/mol. The van der Waals surface area contributed by atoms with Crippen molar-refractivity contribution in [1.29, 1.82) is 0 Å². The first kappa shape index (κ1) is 28.7. The fraction of sp³-hybridized carbons (Fsp3) is 0.520. The molecule has 0 aliphatic heterocycles. The predicted octanol–water partition coefficient (Wildman–Crippen LogP) is 2.07. The minimum Gasteiger partial charge on any atom is -0.508 e. The molecule has 1 unspecified atom stereocenters. The number of nitrogens with one attached hydrogen (secondary N) is 2. The molecule has 0 radical (unpaired) electrons. The summed E-state index contributed by atoms with van der Waals surface area (Å²) < 4.78 is 0. The predicted molar refractivity (Wildman–Crippen MR) is 134 cm³/mol. The smallest absolute Gasteiger partial charge is 0.243 e. The fourth-order valence-electron chi connectivity index (χ4n) is 3.43. The summed E-state index contributed by atoms with van der Waals surface area (Å²) in [6.45, 7) is 2.53. The maximum Gasteiger partial charge on any atom is 0.243 e. The largest absolute Gasteiger partial charge is 0.508 e. The molecule has 0 aromatic heterocycles. The topological polar surface area (TPSA) is 160 Å². The van der Waals surface area contributed by atoms with Gasteiger partial charge in [0.05, 0.1) is 0 Å². The zero-order chi connectivity index (χ0) is 25.2. The van der Waals surface area contributed by atoms with Gasteiger partial charge < -0.3 is 27.2 Å². The SMILES string of the molecule is CCCCCCCC(=O)NC(Cc1ccc(O)cc1)C(=O)N[C@H](/C=C/C=O)CCCN=C(N)N. The van der Waals surface area contributed by atoms with Crippen LogP contribution in [0.15, 0.2) is 41.4 Å². The van der Waals surface area contributed by atoms with Crippen molar-refractivity contribution >= 4 is 24.1 Å². The number of carbonyl (C=O) groups is 3. The van der Waals surface area contributed by atoms with E-state index in [1.54, 1.807) is 30.3 Å². The van der Waals surface area contributed by atoms with Crippen molar-refractivity contribution in [1.82, 2.24) is 10.6 Å². The van der Waals surface area contributed by atoms with E-state index in [0.29, 0.717) is 32.1 Å². The Morgan fingerprint density at radius 3 is 2.41 bits per heavy atom. The molecule has 7 N–H and O–H groups in total. The van der Waals surface area contributed by atoms with E-state index in [2.05, 4.69) is 22.5 Å². The van der Waals surface area contributed by atoms with Crippen LogP contribution in [0.3, 0.4) is 0 Å². The Kier molecular flexibility index (Phi) is 14.5. The van der Waals surface area contributed by atoms with E-state index in [9.17, 15) is 19.5 Å². The molecular weight excluding hydrogens is 434 g/mol. The van der Waals surface area contributed by atoms with Gasteiger partial charge in [0.2, 0.25) is 11.8 Å². The van der Waals surface area contributed by atoms with Crippen molar-refractivity contribution in [3.63, 3.8) is 0 Å². The number of nitrogens with two attached hydrogens (primary N) is 2. The van der Waals surface area contributed by atoms with Gasteiger partial charge in [-0.2, -0.15) is 0 Å². The van der Waals surface area contributed by atoms with Crippen molar-refractivity contribution in [2.45, 2.75) is 76.8 Å². The van der Waals surface area contributed by atoms with Gasteiger partial charge in [0.1, 0.15) is 18.1 Å². The maximum atomic E-state index is 13.1. The van der Waals surface area contributed by atoms with Gasteiger partial charge in [-0.3, -0.25) is 19.4 Å². The Balaban J connectivity index is 2.82. The van der Waals surface area contributed by atoms with Gasteiger partial charge in [0, 0.05) is 25.4 Å².